The zero-order valence-corrected chi connectivity index (χ0v) is 12.4. The first-order chi connectivity index (χ1) is 10.7. The summed E-state index contributed by atoms with van der Waals surface area (Å²) in [6.45, 7) is 0. The maximum atomic E-state index is 12.4. The van der Waals surface area contributed by atoms with Gasteiger partial charge in [-0.3, -0.25) is 10.1 Å². The molecule has 1 aromatic heterocycles. The van der Waals surface area contributed by atoms with Gasteiger partial charge in [-0.15, -0.1) is 0 Å². The number of benzene rings is 2. The highest BCUT2D eigenvalue weighted by atomic mass is 32.1. The Balaban J connectivity index is 1.77. The van der Waals surface area contributed by atoms with Crippen molar-refractivity contribution in [2.24, 2.45) is 0 Å². The third-order valence-electron chi connectivity index (χ3n) is 3.17. The van der Waals surface area contributed by atoms with Crippen LogP contribution in [0.2, 0.25) is 0 Å². The smallest absolute Gasteiger partial charge is 0.258 e. The van der Waals surface area contributed by atoms with Gasteiger partial charge in [0.05, 0.1) is 0 Å². The summed E-state index contributed by atoms with van der Waals surface area (Å²) in [5.41, 5.74) is 0.586. The van der Waals surface area contributed by atoms with Crippen molar-refractivity contribution in [3.8, 4) is 0 Å². The van der Waals surface area contributed by atoms with Gasteiger partial charge >= 0.3 is 0 Å². The number of anilines is 1. The molecule has 0 fully saturated rings. The van der Waals surface area contributed by atoms with Crippen molar-refractivity contribution in [2.45, 2.75) is 0 Å². The van der Waals surface area contributed by atoms with Gasteiger partial charge in [0.2, 0.25) is 0 Å². The number of amides is 1. The van der Waals surface area contributed by atoms with E-state index in [1.165, 1.54) is 0 Å². The monoisotopic (exact) mass is 307 g/mol. The van der Waals surface area contributed by atoms with Gasteiger partial charge < -0.3 is 5.32 Å². The van der Waals surface area contributed by atoms with Crippen LogP contribution in [0.5, 0.6) is 0 Å². The first-order valence-corrected chi connectivity index (χ1v) is 7.16. The molecule has 1 amide bonds. The molecule has 0 saturated heterocycles. The summed E-state index contributed by atoms with van der Waals surface area (Å²) in [7, 11) is 0. The Morgan fingerprint density at radius 1 is 0.955 bits per heavy atom. The van der Waals surface area contributed by atoms with Crippen molar-refractivity contribution in [2.75, 3.05) is 5.32 Å². The molecule has 1 heterocycles. The second kappa shape index (κ2) is 6.32. The van der Waals surface area contributed by atoms with Crippen LogP contribution in [0.1, 0.15) is 10.4 Å². The van der Waals surface area contributed by atoms with E-state index in [0.717, 1.165) is 10.8 Å². The van der Waals surface area contributed by atoms with Crippen LogP contribution in [0.15, 0.2) is 66.9 Å². The number of nitrogens with one attached hydrogen (secondary N) is 2. The van der Waals surface area contributed by atoms with Crippen molar-refractivity contribution in [1.82, 2.24) is 10.3 Å². The summed E-state index contributed by atoms with van der Waals surface area (Å²) < 4.78 is 0. The summed E-state index contributed by atoms with van der Waals surface area (Å²) in [6.07, 6.45) is 1.65. The Bertz CT molecular complexity index is 828. The number of hydrogen-bond acceptors (Lipinski definition) is 3. The van der Waals surface area contributed by atoms with E-state index in [2.05, 4.69) is 15.6 Å². The molecule has 0 radical (unpaired) electrons. The fraction of sp³-hybridized carbons (Fsp3) is 0. The lowest BCUT2D eigenvalue weighted by atomic mass is 10.0. The van der Waals surface area contributed by atoms with Crippen LogP contribution in [0, 0.1) is 0 Å². The molecule has 22 heavy (non-hydrogen) atoms. The van der Waals surface area contributed by atoms with Crippen LogP contribution in [0.25, 0.3) is 10.8 Å². The number of nitrogens with zero attached hydrogens (tertiary/aromatic N) is 1. The fourth-order valence-corrected chi connectivity index (χ4v) is 2.38. The van der Waals surface area contributed by atoms with Gasteiger partial charge in [-0.1, -0.05) is 42.5 Å². The van der Waals surface area contributed by atoms with E-state index in [4.69, 9.17) is 12.2 Å². The van der Waals surface area contributed by atoms with Crippen molar-refractivity contribution < 1.29 is 4.79 Å². The van der Waals surface area contributed by atoms with E-state index in [1.54, 1.807) is 18.3 Å². The van der Waals surface area contributed by atoms with Crippen LogP contribution in [-0.4, -0.2) is 16.0 Å². The van der Waals surface area contributed by atoms with Gasteiger partial charge in [0.25, 0.3) is 5.91 Å². The third kappa shape index (κ3) is 3.10. The van der Waals surface area contributed by atoms with E-state index in [0.29, 0.717) is 11.4 Å². The topological polar surface area (TPSA) is 54.0 Å². The zero-order chi connectivity index (χ0) is 15.4. The molecule has 0 unspecified atom stereocenters. The summed E-state index contributed by atoms with van der Waals surface area (Å²) >= 11 is 5.15. The molecular weight excluding hydrogens is 294 g/mol. The van der Waals surface area contributed by atoms with Gasteiger partial charge in [-0.05, 0) is 41.2 Å². The molecule has 0 saturated carbocycles. The van der Waals surface area contributed by atoms with Gasteiger partial charge in [0, 0.05) is 11.8 Å². The summed E-state index contributed by atoms with van der Waals surface area (Å²) in [6, 6.07) is 18.8. The molecule has 2 aromatic carbocycles. The molecule has 108 valence electrons. The Morgan fingerprint density at radius 3 is 2.55 bits per heavy atom. The molecule has 0 aliphatic rings. The lowest BCUT2D eigenvalue weighted by Gasteiger charge is -2.10. The molecule has 4 nitrogen and oxygen atoms in total. The van der Waals surface area contributed by atoms with Gasteiger partial charge in [-0.25, -0.2) is 4.98 Å². The Kier molecular flexibility index (Phi) is 4.07. The largest absolute Gasteiger partial charge is 0.317 e. The van der Waals surface area contributed by atoms with Gasteiger partial charge in [0.15, 0.2) is 5.11 Å². The number of pyridine rings is 1. The number of aromatic nitrogens is 1. The molecule has 0 bridgehead atoms. The van der Waals surface area contributed by atoms with Crippen LogP contribution in [0.3, 0.4) is 0 Å². The average Bonchev–Trinajstić information content (AvgIpc) is 2.55. The van der Waals surface area contributed by atoms with Crippen LogP contribution < -0.4 is 10.6 Å². The van der Waals surface area contributed by atoms with Gasteiger partial charge in [0.1, 0.15) is 5.82 Å². The Hall–Kier alpha value is -2.79. The van der Waals surface area contributed by atoms with Crippen LogP contribution >= 0.6 is 12.2 Å². The fourth-order valence-electron chi connectivity index (χ4n) is 2.18. The van der Waals surface area contributed by atoms with E-state index >= 15 is 0 Å². The quantitative estimate of drug-likeness (QED) is 0.713. The SMILES string of the molecule is O=C(NC(=S)Nc1ccccn1)c1cccc2ccccc12. The molecule has 0 aliphatic carbocycles. The molecular formula is C17H13N3OS. The van der Waals surface area contributed by atoms with Crippen LogP contribution in [-0.2, 0) is 0 Å². The number of fused-ring (bicyclic) bond motifs is 1. The molecule has 3 rings (SSSR count). The number of rotatable bonds is 2. The second-order valence-electron chi connectivity index (χ2n) is 4.65. The normalized spacial score (nSPS) is 10.2. The standard InChI is InChI=1S/C17H13N3OS/c21-16(20-17(22)19-15-10-3-4-11-18-15)14-9-5-7-12-6-1-2-8-13(12)14/h1-11H,(H2,18,19,20,21,22). The van der Waals surface area contributed by atoms with Crippen LogP contribution in [0.4, 0.5) is 5.82 Å². The van der Waals surface area contributed by atoms with Gasteiger partial charge in [-0.2, -0.15) is 0 Å². The summed E-state index contributed by atoms with van der Waals surface area (Å²) in [5.74, 6) is 0.343. The minimum absolute atomic E-state index is 0.219. The molecule has 0 atom stereocenters. The number of hydrogen-bond donors (Lipinski definition) is 2. The lowest BCUT2D eigenvalue weighted by molar-refractivity contribution is 0.0979. The molecule has 5 heteroatoms. The average molecular weight is 307 g/mol. The summed E-state index contributed by atoms with van der Waals surface area (Å²) in [4.78, 5) is 16.5. The second-order valence-corrected chi connectivity index (χ2v) is 5.06. The Labute approximate surface area is 133 Å². The van der Waals surface area contributed by atoms with E-state index in [9.17, 15) is 4.79 Å². The maximum absolute atomic E-state index is 12.4. The molecule has 0 aliphatic heterocycles. The van der Waals surface area contributed by atoms with Crippen molar-refractivity contribution in [3.63, 3.8) is 0 Å². The highest BCUT2D eigenvalue weighted by molar-refractivity contribution is 7.80. The summed E-state index contributed by atoms with van der Waals surface area (Å²) in [5, 5.41) is 7.68. The first-order valence-electron chi connectivity index (χ1n) is 6.75. The zero-order valence-electron chi connectivity index (χ0n) is 11.6. The Morgan fingerprint density at radius 2 is 1.73 bits per heavy atom. The number of carbonyl (C=O) groups excluding carboxylic acids is 1. The van der Waals surface area contributed by atoms with Crippen molar-refractivity contribution in [1.29, 1.82) is 0 Å². The maximum Gasteiger partial charge on any atom is 0.258 e. The highest BCUT2D eigenvalue weighted by Gasteiger charge is 2.11. The predicted octanol–water partition coefficient (Wildman–Crippen LogP) is 3.36. The number of thiocarbonyl (C=S) groups is 1. The molecule has 3 aromatic rings. The van der Waals surface area contributed by atoms with E-state index < -0.39 is 0 Å². The van der Waals surface area contributed by atoms with E-state index in [-0.39, 0.29) is 11.0 Å². The molecule has 0 spiro atoms. The lowest BCUT2D eigenvalue weighted by Crippen LogP contribution is -2.34. The van der Waals surface area contributed by atoms with Crippen molar-refractivity contribution in [3.05, 3.63) is 72.4 Å². The minimum Gasteiger partial charge on any atom is -0.317 e. The minimum atomic E-state index is -0.245. The third-order valence-corrected chi connectivity index (χ3v) is 3.37. The number of carbonyl (C=O) groups is 1. The predicted molar refractivity (Wildman–Crippen MR) is 91.9 cm³/mol. The van der Waals surface area contributed by atoms with Crippen molar-refractivity contribution >= 4 is 39.8 Å². The molecule has 2 N–H and O–H groups in total. The highest BCUT2D eigenvalue weighted by Crippen LogP contribution is 2.18. The van der Waals surface area contributed by atoms with E-state index in [1.807, 2.05) is 48.5 Å². The first kappa shape index (κ1) is 14.2.